The summed E-state index contributed by atoms with van der Waals surface area (Å²) >= 11 is 0. The lowest BCUT2D eigenvalue weighted by Crippen LogP contribution is -2.41. The Bertz CT molecular complexity index is 630. The molecule has 1 aromatic carbocycles. The van der Waals surface area contributed by atoms with Gasteiger partial charge in [0.2, 0.25) is 0 Å². The van der Waals surface area contributed by atoms with Crippen LogP contribution in [0.4, 0.5) is 0 Å². The first-order valence-electron chi connectivity index (χ1n) is 8.17. The first-order valence-corrected chi connectivity index (χ1v) is 8.17. The second kappa shape index (κ2) is 11.1. The van der Waals surface area contributed by atoms with E-state index in [2.05, 4.69) is 0 Å². The van der Waals surface area contributed by atoms with E-state index < -0.39 is 11.9 Å². The summed E-state index contributed by atoms with van der Waals surface area (Å²) in [5.41, 5.74) is 0.476. The van der Waals surface area contributed by atoms with Gasteiger partial charge in [0.15, 0.2) is 23.9 Å². The zero-order valence-electron chi connectivity index (χ0n) is 15.6. The highest BCUT2D eigenvalue weighted by atomic mass is 16.5. The molecular weight excluding hydrogens is 342 g/mol. The molecule has 0 atom stereocenters. The fraction of sp³-hybridized carbons (Fsp3) is 0.500. The van der Waals surface area contributed by atoms with Gasteiger partial charge in [-0.2, -0.15) is 0 Å². The highest BCUT2D eigenvalue weighted by molar-refractivity contribution is 5.94. The zero-order valence-corrected chi connectivity index (χ0v) is 15.6. The maximum absolute atomic E-state index is 12.4. The Morgan fingerprint density at radius 3 is 2.42 bits per heavy atom. The summed E-state index contributed by atoms with van der Waals surface area (Å²) in [6.45, 7) is 3.42. The van der Waals surface area contributed by atoms with Gasteiger partial charge in [0.05, 0.1) is 20.3 Å². The van der Waals surface area contributed by atoms with Gasteiger partial charge >= 0.3 is 5.97 Å². The molecule has 0 N–H and O–H groups in total. The Morgan fingerprint density at radius 2 is 1.85 bits per heavy atom. The van der Waals surface area contributed by atoms with Gasteiger partial charge in [-0.1, -0.05) is 0 Å². The highest BCUT2D eigenvalue weighted by Gasteiger charge is 2.19. The van der Waals surface area contributed by atoms with Crippen molar-refractivity contribution in [2.24, 2.45) is 0 Å². The number of ether oxygens (including phenoxy) is 4. The summed E-state index contributed by atoms with van der Waals surface area (Å²) < 4.78 is 20.5. The van der Waals surface area contributed by atoms with Crippen molar-refractivity contribution >= 4 is 17.7 Å². The minimum Gasteiger partial charge on any atom is -0.493 e. The highest BCUT2D eigenvalue weighted by Crippen LogP contribution is 2.28. The van der Waals surface area contributed by atoms with E-state index in [0.29, 0.717) is 17.1 Å². The van der Waals surface area contributed by atoms with Crippen LogP contribution in [-0.4, -0.2) is 69.7 Å². The van der Waals surface area contributed by atoms with Gasteiger partial charge in [0, 0.05) is 19.2 Å². The lowest BCUT2D eigenvalue weighted by atomic mass is 10.1. The van der Waals surface area contributed by atoms with E-state index in [1.165, 1.54) is 26.0 Å². The van der Waals surface area contributed by atoms with Gasteiger partial charge in [-0.3, -0.25) is 14.4 Å². The Kier molecular flexibility index (Phi) is 9.14. The minimum atomic E-state index is -0.500. The molecule has 0 aliphatic rings. The summed E-state index contributed by atoms with van der Waals surface area (Å²) in [6, 6.07) is 4.70. The van der Waals surface area contributed by atoms with Crippen molar-refractivity contribution in [3.63, 3.8) is 0 Å². The number of hydrogen-bond acceptors (Lipinski definition) is 7. The Balaban J connectivity index is 2.76. The van der Waals surface area contributed by atoms with E-state index in [0.717, 1.165) is 0 Å². The third-order valence-corrected chi connectivity index (χ3v) is 3.46. The first-order chi connectivity index (χ1) is 12.4. The molecule has 0 aliphatic carbocycles. The Hall–Kier alpha value is -2.61. The van der Waals surface area contributed by atoms with Crippen molar-refractivity contribution in [2.75, 3.05) is 47.1 Å². The molecule has 8 heteroatoms. The Morgan fingerprint density at radius 1 is 1.12 bits per heavy atom. The number of methoxy groups -OCH3 is 2. The van der Waals surface area contributed by atoms with E-state index in [-0.39, 0.29) is 38.7 Å². The smallest absolute Gasteiger partial charge is 0.325 e. The number of carbonyl (C=O) groups excluding carboxylic acids is 3. The molecule has 144 valence electrons. The zero-order chi connectivity index (χ0) is 19.5. The molecule has 26 heavy (non-hydrogen) atoms. The number of rotatable bonds is 11. The molecule has 1 aromatic rings. The predicted molar refractivity (Wildman–Crippen MR) is 93.6 cm³/mol. The van der Waals surface area contributed by atoms with Crippen molar-refractivity contribution in [3.05, 3.63) is 23.8 Å². The van der Waals surface area contributed by atoms with Crippen molar-refractivity contribution in [3.8, 4) is 11.5 Å². The van der Waals surface area contributed by atoms with Crippen LogP contribution in [0.3, 0.4) is 0 Å². The van der Waals surface area contributed by atoms with Gasteiger partial charge in [0.25, 0.3) is 5.91 Å². The SMILES string of the molecule is CCOC(=O)CN(CCOC)C(=O)COc1ccc(C(C)=O)cc1OC. The molecule has 0 radical (unpaired) electrons. The van der Waals surface area contributed by atoms with Crippen LogP contribution in [0.25, 0.3) is 0 Å². The number of carbonyl (C=O) groups is 3. The number of amides is 1. The maximum Gasteiger partial charge on any atom is 0.325 e. The summed E-state index contributed by atoms with van der Waals surface area (Å²) in [7, 11) is 2.95. The molecular formula is C18H25NO7. The van der Waals surface area contributed by atoms with Crippen LogP contribution in [0, 0.1) is 0 Å². The Labute approximate surface area is 153 Å². The monoisotopic (exact) mass is 367 g/mol. The fourth-order valence-corrected chi connectivity index (χ4v) is 2.09. The van der Waals surface area contributed by atoms with E-state index in [4.69, 9.17) is 18.9 Å². The van der Waals surface area contributed by atoms with E-state index in [1.807, 2.05) is 0 Å². The minimum absolute atomic E-state index is 0.105. The first kappa shape index (κ1) is 21.4. The molecule has 1 rings (SSSR count). The van der Waals surface area contributed by atoms with Crippen LogP contribution in [0.5, 0.6) is 11.5 Å². The molecule has 0 aromatic heterocycles. The maximum atomic E-state index is 12.4. The van der Waals surface area contributed by atoms with Crippen molar-refractivity contribution < 1.29 is 33.3 Å². The molecule has 1 amide bonds. The van der Waals surface area contributed by atoms with Crippen LogP contribution in [-0.2, 0) is 19.1 Å². The molecule has 0 unspecified atom stereocenters. The number of hydrogen-bond donors (Lipinski definition) is 0. The quantitative estimate of drug-likeness (QED) is 0.430. The van der Waals surface area contributed by atoms with Crippen molar-refractivity contribution in [2.45, 2.75) is 13.8 Å². The largest absolute Gasteiger partial charge is 0.493 e. The third kappa shape index (κ3) is 6.72. The number of benzene rings is 1. The standard InChI is InChI=1S/C18H25NO7/c1-5-25-18(22)11-19(8-9-23-3)17(21)12-26-15-7-6-14(13(2)20)10-16(15)24-4/h6-7,10H,5,8-9,11-12H2,1-4H3. The second-order valence-electron chi connectivity index (χ2n) is 5.32. The molecule has 0 bridgehead atoms. The topological polar surface area (TPSA) is 91.4 Å². The molecule has 8 nitrogen and oxygen atoms in total. The number of nitrogens with zero attached hydrogens (tertiary/aromatic N) is 1. The second-order valence-corrected chi connectivity index (χ2v) is 5.32. The van der Waals surface area contributed by atoms with E-state index in [1.54, 1.807) is 25.1 Å². The lowest BCUT2D eigenvalue weighted by Gasteiger charge is -2.21. The van der Waals surface area contributed by atoms with Crippen molar-refractivity contribution in [1.82, 2.24) is 4.90 Å². The van der Waals surface area contributed by atoms with Gasteiger partial charge in [-0.05, 0) is 32.0 Å². The number of esters is 1. The van der Waals surface area contributed by atoms with Crippen LogP contribution >= 0.6 is 0 Å². The summed E-state index contributed by atoms with van der Waals surface area (Å²) in [6.07, 6.45) is 0. The fourth-order valence-electron chi connectivity index (χ4n) is 2.09. The molecule has 0 saturated heterocycles. The summed E-state index contributed by atoms with van der Waals surface area (Å²) in [5, 5.41) is 0. The van der Waals surface area contributed by atoms with Crippen LogP contribution in [0.1, 0.15) is 24.2 Å². The molecule has 0 spiro atoms. The number of ketones is 1. The third-order valence-electron chi connectivity index (χ3n) is 3.46. The van der Waals surface area contributed by atoms with Gasteiger partial charge in [-0.15, -0.1) is 0 Å². The van der Waals surface area contributed by atoms with Crippen LogP contribution in [0.2, 0.25) is 0 Å². The lowest BCUT2D eigenvalue weighted by molar-refractivity contribution is -0.149. The van der Waals surface area contributed by atoms with E-state index in [9.17, 15) is 14.4 Å². The molecule has 0 aliphatic heterocycles. The summed E-state index contributed by atoms with van der Waals surface area (Å²) in [4.78, 5) is 36.8. The van der Waals surface area contributed by atoms with E-state index >= 15 is 0 Å². The van der Waals surface area contributed by atoms with Gasteiger partial charge in [-0.25, -0.2) is 0 Å². The predicted octanol–water partition coefficient (Wildman–Crippen LogP) is 1.31. The summed E-state index contributed by atoms with van der Waals surface area (Å²) in [5.74, 6) is -0.327. The molecule has 0 saturated carbocycles. The van der Waals surface area contributed by atoms with Crippen LogP contribution < -0.4 is 9.47 Å². The average molecular weight is 367 g/mol. The normalized spacial score (nSPS) is 10.2. The van der Waals surface area contributed by atoms with Crippen LogP contribution in [0.15, 0.2) is 18.2 Å². The van der Waals surface area contributed by atoms with Gasteiger partial charge < -0.3 is 23.8 Å². The molecule has 0 fully saturated rings. The van der Waals surface area contributed by atoms with Crippen molar-refractivity contribution in [1.29, 1.82) is 0 Å². The average Bonchev–Trinajstić information content (AvgIpc) is 2.62. The number of Topliss-reactive ketones (excluding diaryl/α,β-unsaturated/α-hetero) is 1. The molecule has 0 heterocycles. The van der Waals surface area contributed by atoms with Gasteiger partial charge in [0.1, 0.15) is 6.54 Å².